The molecule has 7 nitrogen and oxygen atoms in total. The molecule has 2 aromatic rings. The third-order valence-electron chi connectivity index (χ3n) is 6.14. The van der Waals surface area contributed by atoms with Crippen LogP contribution in [0.2, 0.25) is 0 Å². The number of carboxylic acids is 1. The molecule has 1 atom stereocenters. The molecular formula is C27H34N2O5. The molecule has 2 aromatic carbocycles. The van der Waals surface area contributed by atoms with Crippen LogP contribution in [0.15, 0.2) is 48.5 Å². The number of alkyl carbamates (subject to hydrolysis) is 1. The van der Waals surface area contributed by atoms with Gasteiger partial charge in [-0.1, -0.05) is 69.3 Å². The van der Waals surface area contributed by atoms with Crippen LogP contribution in [-0.4, -0.2) is 41.3 Å². The van der Waals surface area contributed by atoms with Gasteiger partial charge >= 0.3 is 12.1 Å². The summed E-state index contributed by atoms with van der Waals surface area (Å²) in [5.41, 5.74) is 3.25. The number of aliphatic carboxylic acids is 1. The Morgan fingerprint density at radius 3 is 1.97 bits per heavy atom. The van der Waals surface area contributed by atoms with Crippen molar-refractivity contribution in [1.29, 1.82) is 0 Å². The lowest BCUT2D eigenvalue weighted by Gasteiger charge is -2.32. The fraction of sp³-hybridized carbons (Fsp3) is 0.444. The van der Waals surface area contributed by atoms with E-state index >= 15 is 0 Å². The van der Waals surface area contributed by atoms with Crippen LogP contribution >= 0.6 is 0 Å². The van der Waals surface area contributed by atoms with Crippen molar-refractivity contribution in [2.45, 2.75) is 65.0 Å². The minimum atomic E-state index is -0.991. The summed E-state index contributed by atoms with van der Waals surface area (Å²) in [6.07, 6.45) is -0.769. The van der Waals surface area contributed by atoms with Crippen LogP contribution in [0.4, 0.5) is 4.79 Å². The quantitative estimate of drug-likeness (QED) is 0.523. The summed E-state index contributed by atoms with van der Waals surface area (Å²) < 4.78 is 5.64. The molecule has 1 aliphatic rings. The standard InChI is InChI=1S/C27H34N2O5/c1-26(2,3)22(14-23(30)29-27(4,5)15-24(31)32)28-25(33)34-16-21-19-12-8-6-10-17(19)18-11-7-9-13-20(18)21/h6-13,21-22H,14-16H2,1-5H3,(H,28,33)(H,29,30)(H,31,32). The highest BCUT2D eigenvalue weighted by molar-refractivity contribution is 5.80. The maximum atomic E-state index is 12.8. The van der Waals surface area contributed by atoms with Gasteiger partial charge in [0.1, 0.15) is 6.61 Å². The number of benzene rings is 2. The van der Waals surface area contributed by atoms with Crippen LogP contribution in [0.25, 0.3) is 11.1 Å². The van der Waals surface area contributed by atoms with Gasteiger partial charge in [-0.15, -0.1) is 0 Å². The van der Waals surface area contributed by atoms with Crippen molar-refractivity contribution in [1.82, 2.24) is 10.6 Å². The second kappa shape index (κ2) is 9.87. The number of hydrogen-bond donors (Lipinski definition) is 3. The summed E-state index contributed by atoms with van der Waals surface area (Å²) >= 11 is 0. The first kappa shape index (κ1) is 25.3. The normalized spacial score (nSPS) is 14.0. The number of nitrogens with one attached hydrogen (secondary N) is 2. The lowest BCUT2D eigenvalue weighted by molar-refractivity contribution is -0.138. The van der Waals surface area contributed by atoms with E-state index in [0.29, 0.717) is 0 Å². The van der Waals surface area contributed by atoms with Crippen LogP contribution in [0.1, 0.15) is 64.5 Å². The van der Waals surface area contributed by atoms with Crippen molar-refractivity contribution in [2.24, 2.45) is 5.41 Å². The van der Waals surface area contributed by atoms with Crippen molar-refractivity contribution in [3.63, 3.8) is 0 Å². The third kappa shape index (κ3) is 6.16. The number of carbonyl (C=O) groups excluding carboxylic acids is 2. The summed E-state index contributed by atoms with van der Waals surface area (Å²) in [5.74, 6) is -1.37. The van der Waals surface area contributed by atoms with Gasteiger partial charge in [-0.3, -0.25) is 9.59 Å². The van der Waals surface area contributed by atoms with E-state index in [1.165, 1.54) is 0 Å². The van der Waals surface area contributed by atoms with E-state index in [4.69, 9.17) is 9.84 Å². The molecule has 0 bridgehead atoms. The smallest absolute Gasteiger partial charge is 0.407 e. The Labute approximate surface area is 200 Å². The first-order valence-corrected chi connectivity index (χ1v) is 11.5. The maximum absolute atomic E-state index is 12.8. The fourth-order valence-electron chi connectivity index (χ4n) is 4.39. The molecule has 0 aromatic heterocycles. The van der Waals surface area contributed by atoms with Crippen molar-refractivity contribution in [3.05, 3.63) is 59.7 Å². The van der Waals surface area contributed by atoms with Gasteiger partial charge in [-0.05, 0) is 41.5 Å². The minimum absolute atomic E-state index is 0.0107. The zero-order valence-corrected chi connectivity index (χ0v) is 20.5. The minimum Gasteiger partial charge on any atom is -0.481 e. The van der Waals surface area contributed by atoms with Crippen molar-refractivity contribution in [2.75, 3.05) is 6.61 Å². The molecule has 2 amide bonds. The van der Waals surface area contributed by atoms with E-state index in [0.717, 1.165) is 22.3 Å². The van der Waals surface area contributed by atoms with Gasteiger partial charge < -0.3 is 20.5 Å². The molecule has 0 aliphatic heterocycles. The number of rotatable bonds is 8. The Balaban J connectivity index is 1.64. The summed E-state index contributed by atoms with van der Waals surface area (Å²) in [5, 5.41) is 14.6. The van der Waals surface area contributed by atoms with Gasteiger partial charge in [0, 0.05) is 23.9 Å². The Bertz CT molecular complexity index is 1030. The maximum Gasteiger partial charge on any atom is 0.407 e. The highest BCUT2D eigenvalue weighted by atomic mass is 16.5. The molecule has 1 aliphatic carbocycles. The van der Waals surface area contributed by atoms with E-state index in [-0.39, 0.29) is 31.3 Å². The molecule has 0 fully saturated rings. The predicted octanol–water partition coefficient (Wildman–Crippen LogP) is 4.70. The number of carbonyl (C=O) groups is 3. The lowest BCUT2D eigenvalue weighted by Crippen LogP contribution is -2.50. The van der Waals surface area contributed by atoms with E-state index < -0.39 is 29.1 Å². The Kier molecular flexibility index (Phi) is 7.34. The third-order valence-corrected chi connectivity index (χ3v) is 6.14. The second-order valence-electron chi connectivity index (χ2n) is 10.6. The highest BCUT2D eigenvalue weighted by Crippen LogP contribution is 2.44. The molecule has 0 spiro atoms. The Hall–Kier alpha value is -3.35. The predicted molar refractivity (Wildman–Crippen MR) is 131 cm³/mol. The molecule has 3 rings (SSSR count). The van der Waals surface area contributed by atoms with E-state index in [2.05, 4.69) is 34.9 Å². The van der Waals surface area contributed by atoms with Crippen molar-refractivity contribution < 1.29 is 24.2 Å². The Morgan fingerprint density at radius 1 is 0.941 bits per heavy atom. The molecule has 0 saturated carbocycles. The van der Waals surface area contributed by atoms with Gasteiger partial charge in [0.25, 0.3) is 0 Å². The summed E-state index contributed by atoms with van der Waals surface area (Å²) in [6.45, 7) is 9.29. The molecule has 0 radical (unpaired) electrons. The first-order chi connectivity index (χ1) is 15.9. The van der Waals surface area contributed by atoms with Gasteiger partial charge in [-0.25, -0.2) is 4.79 Å². The number of ether oxygens (including phenoxy) is 1. The number of hydrogen-bond acceptors (Lipinski definition) is 4. The molecule has 3 N–H and O–H groups in total. The highest BCUT2D eigenvalue weighted by Gasteiger charge is 2.33. The first-order valence-electron chi connectivity index (χ1n) is 11.5. The van der Waals surface area contributed by atoms with Gasteiger partial charge in [0.05, 0.1) is 6.42 Å². The largest absolute Gasteiger partial charge is 0.481 e. The average molecular weight is 467 g/mol. The molecule has 0 saturated heterocycles. The van der Waals surface area contributed by atoms with Crippen LogP contribution in [-0.2, 0) is 14.3 Å². The zero-order valence-electron chi connectivity index (χ0n) is 20.5. The van der Waals surface area contributed by atoms with Gasteiger partial charge in [0.15, 0.2) is 0 Å². The topological polar surface area (TPSA) is 105 Å². The van der Waals surface area contributed by atoms with Gasteiger partial charge in [-0.2, -0.15) is 0 Å². The molecule has 182 valence electrons. The number of carboxylic acid groups (broad SMARTS) is 1. The summed E-state index contributed by atoms with van der Waals surface area (Å²) in [6, 6.07) is 15.7. The molecule has 1 unspecified atom stereocenters. The monoisotopic (exact) mass is 466 g/mol. The van der Waals surface area contributed by atoms with Gasteiger partial charge in [0.2, 0.25) is 5.91 Å². The van der Waals surface area contributed by atoms with Crippen LogP contribution in [0, 0.1) is 5.41 Å². The van der Waals surface area contributed by atoms with Crippen LogP contribution < -0.4 is 10.6 Å². The van der Waals surface area contributed by atoms with E-state index in [1.54, 1.807) is 13.8 Å². The Morgan fingerprint density at radius 2 is 1.47 bits per heavy atom. The fourth-order valence-corrected chi connectivity index (χ4v) is 4.39. The van der Waals surface area contributed by atoms with E-state index in [1.807, 2.05) is 45.0 Å². The second-order valence-corrected chi connectivity index (χ2v) is 10.6. The van der Waals surface area contributed by atoms with Crippen molar-refractivity contribution >= 4 is 18.0 Å². The SMILES string of the molecule is CC(C)(CC(=O)O)NC(=O)CC(NC(=O)OCC1c2ccccc2-c2ccccc21)C(C)(C)C. The summed E-state index contributed by atoms with van der Waals surface area (Å²) in [4.78, 5) is 36.4. The molecule has 7 heteroatoms. The zero-order chi connectivity index (χ0) is 25.1. The summed E-state index contributed by atoms with van der Waals surface area (Å²) in [7, 11) is 0. The lowest BCUT2D eigenvalue weighted by atomic mass is 9.84. The number of fused-ring (bicyclic) bond motifs is 3. The van der Waals surface area contributed by atoms with E-state index in [9.17, 15) is 14.4 Å². The molecular weight excluding hydrogens is 432 g/mol. The number of amides is 2. The van der Waals surface area contributed by atoms with Crippen LogP contribution in [0.5, 0.6) is 0 Å². The van der Waals surface area contributed by atoms with Crippen LogP contribution in [0.3, 0.4) is 0 Å². The molecule has 34 heavy (non-hydrogen) atoms. The van der Waals surface area contributed by atoms with Crippen molar-refractivity contribution in [3.8, 4) is 11.1 Å². The molecule has 0 heterocycles. The average Bonchev–Trinajstić information content (AvgIpc) is 3.03.